The molecule has 1 fully saturated rings. The molecule has 0 saturated carbocycles. The van der Waals surface area contributed by atoms with E-state index in [1.807, 2.05) is 6.92 Å². The van der Waals surface area contributed by atoms with Crippen molar-refractivity contribution in [3.63, 3.8) is 0 Å². The molecule has 1 saturated heterocycles. The lowest BCUT2D eigenvalue weighted by Crippen LogP contribution is -2.48. The second-order valence-electron chi connectivity index (χ2n) is 6.71. The minimum Gasteiger partial charge on any atom is -0.489 e. The summed E-state index contributed by atoms with van der Waals surface area (Å²) in [4.78, 5) is 12.2. The average Bonchev–Trinajstić information content (AvgIpc) is 2.59. The van der Waals surface area contributed by atoms with Gasteiger partial charge in [-0.05, 0) is 61.0 Å². The minimum atomic E-state index is -4.37. The molecule has 0 spiro atoms. The summed E-state index contributed by atoms with van der Waals surface area (Å²) >= 11 is 0. The van der Waals surface area contributed by atoms with Crippen LogP contribution in [0.1, 0.15) is 18.1 Å². The largest absolute Gasteiger partial charge is 0.489 e. The van der Waals surface area contributed by atoms with Gasteiger partial charge in [0.1, 0.15) is 12.4 Å². The quantitative estimate of drug-likeness (QED) is 0.731. The first kappa shape index (κ1) is 22.0. The number of anilines is 1. The highest BCUT2D eigenvalue weighted by atomic mass is 35.5. The van der Waals surface area contributed by atoms with Crippen LogP contribution in [0.5, 0.6) is 5.75 Å². The smallest absolute Gasteiger partial charge is 0.416 e. The van der Waals surface area contributed by atoms with Gasteiger partial charge in [-0.1, -0.05) is 19.1 Å². The summed E-state index contributed by atoms with van der Waals surface area (Å²) in [6.45, 7) is 3.66. The number of alkyl halides is 3. The van der Waals surface area contributed by atoms with Crippen LogP contribution < -0.4 is 15.4 Å². The number of halogens is 4. The van der Waals surface area contributed by atoms with Gasteiger partial charge in [0.05, 0.1) is 5.56 Å². The highest BCUT2D eigenvalue weighted by Gasteiger charge is 2.30. The van der Waals surface area contributed by atoms with Gasteiger partial charge in [-0.2, -0.15) is 13.2 Å². The van der Waals surface area contributed by atoms with E-state index in [-0.39, 0.29) is 30.8 Å². The average molecular weight is 415 g/mol. The highest BCUT2D eigenvalue weighted by molar-refractivity contribution is 5.92. The Morgan fingerprint density at radius 2 is 1.89 bits per heavy atom. The van der Waals surface area contributed by atoms with Gasteiger partial charge in [0.25, 0.3) is 0 Å². The van der Waals surface area contributed by atoms with Crippen LogP contribution >= 0.6 is 12.4 Å². The Bertz CT molecular complexity index is 793. The minimum absolute atomic E-state index is 0. The van der Waals surface area contributed by atoms with Gasteiger partial charge in [0.15, 0.2) is 0 Å². The van der Waals surface area contributed by atoms with Gasteiger partial charge in [0.2, 0.25) is 5.91 Å². The lowest BCUT2D eigenvalue weighted by molar-refractivity contribution is -0.137. The van der Waals surface area contributed by atoms with E-state index < -0.39 is 11.7 Å². The number of carbonyl (C=O) groups is 1. The number of nitrogens with one attached hydrogen (secondary N) is 2. The van der Waals surface area contributed by atoms with Crippen LogP contribution in [0.15, 0.2) is 48.5 Å². The van der Waals surface area contributed by atoms with E-state index >= 15 is 0 Å². The zero-order chi connectivity index (χ0) is 19.4. The van der Waals surface area contributed by atoms with Crippen LogP contribution in [0.4, 0.5) is 18.9 Å². The molecule has 1 atom stereocenters. The van der Waals surface area contributed by atoms with E-state index in [0.29, 0.717) is 22.9 Å². The van der Waals surface area contributed by atoms with Crippen molar-refractivity contribution in [1.82, 2.24) is 5.32 Å². The number of hydrogen-bond donors (Lipinski definition) is 2. The number of carbonyl (C=O) groups excluding carboxylic acids is 1. The fourth-order valence-corrected chi connectivity index (χ4v) is 2.77. The second kappa shape index (κ2) is 9.30. The molecule has 4 nitrogen and oxygen atoms in total. The Hall–Kier alpha value is -2.25. The Labute approximate surface area is 167 Å². The molecule has 1 aliphatic rings. The summed E-state index contributed by atoms with van der Waals surface area (Å²) in [6, 6.07) is 11.8. The predicted octanol–water partition coefficient (Wildman–Crippen LogP) is 4.50. The summed E-state index contributed by atoms with van der Waals surface area (Å²) in [5, 5.41) is 6.02. The third-order valence-corrected chi connectivity index (χ3v) is 4.72. The Morgan fingerprint density at radius 1 is 1.21 bits per heavy atom. The van der Waals surface area contributed by atoms with Crippen molar-refractivity contribution >= 4 is 24.0 Å². The molecule has 3 rings (SSSR count). The van der Waals surface area contributed by atoms with Crippen LogP contribution in [-0.2, 0) is 17.6 Å². The first-order valence-electron chi connectivity index (χ1n) is 8.73. The zero-order valence-electron chi connectivity index (χ0n) is 15.3. The third-order valence-electron chi connectivity index (χ3n) is 4.72. The van der Waals surface area contributed by atoms with Crippen LogP contribution in [0.25, 0.3) is 0 Å². The molecule has 28 heavy (non-hydrogen) atoms. The fourth-order valence-electron chi connectivity index (χ4n) is 2.77. The summed E-state index contributed by atoms with van der Waals surface area (Å²) in [5.74, 6) is 0.781. The Kier molecular flexibility index (Phi) is 7.32. The maximum atomic E-state index is 12.7. The molecule has 2 N–H and O–H groups in total. The zero-order valence-corrected chi connectivity index (χ0v) is 16.1. The molecule has 1 heterocycles. The number of amides is 1. The van der Waals surface area contributed by atoms with Gasteiger partial charge in [-0.3, -0.25) is 4.79 Å². The lowest BCUT2D eigenvalue weighted by Gasteiger charge is -2.31. The van der Waals surface area contributed by atoms with E-state index in [4.69, 9.17) is 4.74 Å². The topological polar surface area (TPSA) is 50.4 Å². The van der Waals surface area contributed by atoms with Crippen LogP contribution in [0.2, 0.25) is 0 Å². The van der Waals surface area contributed by atoms with Crippen molar-refractivity contribution in [2.45, 2.75) is 19.7 Å². The maximum Gasteiger partial charge on any atom is 0.416 e. The van der Waals surface area contributed by atoms with Crippen molar-refractivity contribution < 1.29 is 22.7 Å². The predicted molar refractivity (Wildman–Crippen MR) is 104 cm³/mol. The maximum absolute atomic E-state index is 12.7. The lowest BCUT2D eigenvalue weighted by atomic mass is 9.88. The molecule has 0 bridgehead atoms. The van der Waals surface area contributed by atoms with E-state index in [0.717, 1.165) is 25.2 Å². The summed E-state index contributed by atoms with van der Waals surface area (Å²) in [7, 11) is 0. The van der Waals surface area contributed by atoms with Gasteiger partial charge in [-0.15, -0.1) is 12.4 Å². The summed E-state index contributed by atoms with van der Waals surface area (Å²) in [6.07, 6.45) is -4.37. The summed E-state index contributed by atoms with van der Waals surface area (Å²) < 4.78 is 43.7. The van der Waals surface area contributed by atoms with Crippen molar-refractivity contribution in [2.75, 3.05) is 18.4 Å². The molecule has 152 valence electrons. The second-order valence-corrected chi connectivity index (χ2v) is 6.71. The number of rotatable bonds is 6. The molecule has 0 aliphatic carbocycles. The normalized spacial score (nSPS) is 15.1. The first-order valence-corrected chi connectivity index (χ1v) is 8.73. The third kappa shape index (κ3) is 5.62. The monoisotopic (exact) mass is 414 g/mol. The molecule has 1 unspecified atom stereocenters. The molecule has 1 amide bonds. The van der Waals surface area contributed by atoms with Crippen molar-refractivity contribution in [3.8, 4) is 5.75 Å². The molecular weight excluding hydrogens is 393 g/mol. The van der Waals surface area contributed by atoms with E-state index in [1.54, 1.807) is 30.3 Å². The summed E-state index contributed by atoms with van der Waals surface area (Å²) in [5.41, 5.74) is 0.396. The molecule has 0 radical (unpaired) electrons. The van der Waals surface area contributed by atoms with Gasteiger partial charge in [-0.25, -0.2) is 0 Å². The van der Waals surface area contributed by atoms with E-state index in [2.05, 4.69) is 10.6 Å². The fraction of sp³-hybridized carbons (Fsp3) is 0.350. The first-order chi connectivity index (χ1) is 12.8. The van der Waals surface area contributed by atoms with Gasteiger partial charge < -0.3 is 15.4 Å². The number of ether oxygens (including phenoxy) is 1. The molecule has 2 aromatic rings. The molecule has 8 heteroatoms. The Balaban J connectivity index is 0.00000280. The van der Waals surface area contributed by atoms with Crippen molar-refractivity contribution in [3.05, 3.63) is 59.7 Å². The molecular formula is C20H22ClF3N2O2. The van der Waals surface area contributed by atoms with Crippen molar-refractivity contribution in [2.24, 2.45) is 11.8 Å². The van der Waals surface area contributed by atoms with Gasteiger partial charge in [0, 0.05) is 11.6 Å². The molecule has 1 aliphatic heterocycles. The van der Waals surface area contributed by atoms with Crippen LogP contribution in [-0.4, -0.2) is 19.0 Å². The number of hydrogen-bond acceptors (Lipinski definition) is 3. The van der Waals surface area contributed by atoms with Gasteiger partial charge >= 0.3 is 6.18 Å². The van der Waals surface area contributed by atoms with Crippen molar-refractivity contribution in [1.29, 1.82) is 0 Å². The molecule has 2 aromatic carbocycles. The standard InChI is InChI=1S/C20H21F3N2O2.ClH/c1-13(15-10-24-11-15)19(26)25-17-5-7-18(8-6-17)27-12-14-3-2-4-16(9-14)20(21,22)23;/h2-9,13,15,24H,10-12H2,1H3,(H,25,26);1H. The molecule has 0 aromatic heterocycles. The Morgan fingerprint density at radius 3 is 2.46 bits per heavy atom. The van der Waals surface area contributed by atoms with E-state index in [1.165, 1.54) is 6.07 Å². The van der Waals surface area contributed by atoms with E-state index in [9.17, 15) is 18.0 Å². The van der Waals surface area contributed by atoms with Crippen LogP contribution in [0, 0.1) is 11.8 Å². The SMILES string of the molecule is CC(C(=O)Nc1ccc(OCc2cccc(C(F)(F)F)c2)cc1)C1CNC1.Cl. The van der Waals surface area contributed by atoms with Crippen LogP contribution in [0.3, 0.4) is 0 Å². The highest BCUT2D eigenvalue weighted by Crippen LogP contribution is 2.30. The number of benzene rings is 2.